The molecule has 1 aromatic heterocycles. The van der Waals surface area contributed by atoms with Crippen LogP contribution in [0.3, 0.4) is 0 Å². The third-order valence-electron chi connectivity index (χ3n) is 3.65. The first kappa shape index (κ1) is 19.2. The Labute approximate surface area is 167 Å². The largest absolute Gasteiger partial charge is 0.350 e. The average Bonchev–Trinajstić information content (AvgIpc) is 2.91. The standard InChI is InChI=1S/C18H13BrFN3O3S/c19-13-7-12(9-21-10-13)16(24)22-5-6-23-17(25)15(27-18(23)26)8-11-3-1-2-4-14(11)20/h1-4,7-10H,5-6H2,(H,22,24)/b15-8-. The number of rotatable bonds is 5. The van der Waals surface area contributed by atoms with Crippen LogP contribution < -0.4 is 5.32 Å². The van der Waals surface area contributed by atoms with Crippen molar-refractivity contribution in [3.8, 4) is 0 Å². The minimum atomic E-state index is -0.508. The topological polar surface area (TPSA) is 79.4 Å². The molecule has 1 aliphatic rings. The summed E-state index contributed by atoms with van der Waals surface area (Å²) in [7, 11) is 0. The second-order valence-corrected chi connectivity index (χ2v) is 7.41. The van der Waals surface area contributed by atoms with Gasteiger partial charge in [0, 0.05) is 35.5 Å². The molecule has 27 heavy (non-hydrogen) atoms. The first-order chi connectivity index (χ1) is 13.0. The molecule has 1 N–H and O–H groups in total. The van der Waals surface area contributed by atoms with E-state index in [9.17, 15) is 18.8 Å². The summed E-state index contributed by atoms with van der Waals surface area (Å²) in [6.45, 7) is 0.114. The van der Waals surface area contributed by atoms with Gasteiger partial charge in [0.1, 0.15) is 5.82 Å². The van der Waals surface area contributed by atoms with Gasteiger partial charge in [-0.3, -0.25) is 24.3 Å². The van der Waals surface area contributed by atoms with E-state index in [-0.39, 0.29) is 29.5 Å². The Kier molecular flexibility index (Phi) is 6.02. The number of carbonyl (C=O) groups excluding carboxylic acids is 3. The molecule has 6 nitrogen and oxygen atoms in total. The van der Waals surface area contributed by atoms with E-state index in [4.69, 9.17) is 0 Å². The zero-order chi connectivity index (χ0) is 19.4. The Morgan fingerprint density at radius 3 is 2.81 bits per heavy atom. The number of benzene rings is 1. The van der Waals surface area contributed by atoms with Crippen LogP contribution >= 0.6 is 27.7 Å². The molecule has 3 amide bonds. The van der Waals surface area contributed by atoms with Gasteiger partial charge in [0.2, 0.25) is 0 Å². The van der Waals surface area contributed by atoms with E-state index in [0.717, 1.165) is 16.7 Å². The minimum absolute atomic E-state index is 0.0203. The van der Waals surface area contributed by atoms with Crippen LogP contribution in [-0.4, -0.2) is 40.0 Å². The number of thioether (sulfide) groups is 1. The number of halogens is 2. The lowest BCUT2D eigenvalue weighted by Crippen LogP contribution is -2.37. The molecule has 9 heteroatoms. The van der Waals surface area contributed by atoms with Gasteiger partial charge in [-0.1, -0.05) is 18.2 Å². The number of carbonyl (C=O) groups is 3. The fraction of sp³-hybridized carbons (Fsp3) is 0.111. The summed E-state index contributed by atoms with van der Waals surface area (Å²) >= 11 is 3.98. The maximum atomic E-state index is 13.7. The van der Waals surface area contributed by atoms with Gasteiger partial charge in [-0.15, -0.1) is 0 Å². The Balaban J connectivity index is 1.61. The second kappa shape index (κ2) is 8.45. The number of hydrogen-bond acceptors (Lipinski definition) is 5. The number of nitrogens with zero attached hydrogens (tertiary/aromatic N) is 2. The second-order valence-electron chi connectivity index (χ2n) is 5.50. The summed E-state index contributed by atoms with van der Waals surface area (Å²) in [5, 5.41) is 2.18. The summed E-state index contributed by atoms with van der Waals surface area (Å²) in [6.07, 6.45) is 4.32. The van der Waals surface area contributed by atoms with Gasteiger partial charge >= 0.3 is 0 Å². The number of hydrogen-bond donors (Lipinski definition) is 1. The van der Waals surface area contributed by atoms with Crippen LogP contribution in [0.25, 0.3) is 6.08 Å². The number of pyridine rings is 1. The van der Waals surface area contributed by atoms with Crippen molar-refractivity contribution in [3.05, 3.63) is 69.0 Å². The maximum Gasteiger partial charge on any atom is 0.293 e. The lowest BCUT2D eigenvalue weighted by molar-refractivity contribution is -0.122. The van der Waals surface area contributed by atoms with E-state index < -0.39 is 17.0 Å². The molecule has 1 saturated heterocycles. The van der Waals surface area contributed by atoms with Gasteiger partial charge in [-0.05, 0) is 45.9 Å². The summed E-state index contributed by atoms with van der Waals surface area (Å²) < 4.78 is 14.4. The number of imide groups is 1. The summed E-state index contributed by atoms with van der Waals surface area (Å²) in [6, 6.07) is 7.60. The van der Waals surface area contributed by atoms with Crippen LogP contribution in [0.4, 0.5) is 9.18 Å². The van der Waals surface area contributed by atoms with Crippen LogP contribution in [0.5, 0.6) is 0 Å². The first-order valence-corrected chi connectivity index (χ1v) is 9.45. The van der Waals surface area contributed by atoms with Crippen molar-refractivity contribution in [3.63, 3.8) is 0 Å². The van der Waals surface area contributed by atoms with E-state index in [1.54, 1.807) is 24.4 Å². The fourth-order valence-corrected chi connectivity index (χ4v) is 3.57. The summed E-state index contributed by atoms with van der Waals surface area (Å²) in [5.74, 6) is -1.34. The molecule has 138 valence electrons. The highest BCUT2D eigenvalue weighted by Crippen LogP contribution is 2.32. The Morgan fingerprint density at radius 1 is 1.30 bits per heavy atom. The zero-order valence-electron chi connectivity index (χ0n) is 13.8. The molecule has 0 spiro atoms. The van der Waals surface area contributed by atoms with Crippen molar-refractivity contribution in [2.24, 2.45) is 0 Å². The van der Waals surface area contributed by atoms with Crippen molar-refractivity contribution < 1.29 is 18.8 Å². The van der Waals surface area contributed by atoms with Crippen molar-refractivity contribution in [2.45, 2.75) is 0 Å². The number of nitrogens with one attached hydrogen (secondary N) is 1. The fourth-order valence-electron chi connectivity index (χ4n) is 2.35. The predicted molar refractivity (Wildman–Crippen MR) is 103 cm³/mol. The van der Waals surface area contributed by atoms with Gasteiger partial charge in [0.25, 0.3) is 17.1 Å². The zero-order valence-corrected chi connectivity index (χ0v) is 16.2. The van der Waals surface area contributed by atoms with Gasteiger partial charge in [-0.25, -0.2) is 4.39 Å². The van der Waals surface area contributed by atoms with Gasteiger partial charge in [0.15, 0.2) is 0 Å². The highest BCUT2D eigenvalue weighted by Gasteiger charge is 2.34. The molecule has 2 heterocycles. The smallest absolute Gasteiger partial charge is 0.293 e. The molecule has 0 atom stereocenters. The molecule has 0 unspecified atom stereocenters. The molecule has 0 radical (unpaired) electrons. The van der Waals surface area contributed by atoms with Crippen LogP contribution in [0.2, 0.25) is 0 Å². The van der Waals surface area contributed by atoms with Crippen LogP contribution in [-0.2, 0) is 4.79 Å². The molecule has 0 aliphatic carbocycles. The number of aromatic nitrogens is 1. The molecule has 2 aromatic rings. The predicted octanol–water partition coefficient (Wildman–Crippen LogP) is 3.45. The summed E-state index contributed by atoms with van der Waals surface area (Å²) in [4.78, 5) is 41.6. The first-order valence-electron chi connectivity index (χ1n) is 7.84. The molecule has 1 aliphatic heterocycles. The SMILES string of the molecule is O=C(NCCN1C(=O)S/C(=C\c2ccccc2F)C1=O)c1cncc(Br)c1. The van der Waals surface area contributed by atoms with Crippen molar-refractivity contribution in [1.82, 2.24) is 15.2 Å². The van der Waals surface area contributed by atoms with Gasteiger partial charge in [0.05, 0.1) is 10.5 Å². The lowest BCUT2D eigenvalue weighted by atomic mass is 10.2. The van der Waals surface area contributed by atoms with Crippen LogP contribution in [0.1, 0.15) is 15.9 Å². The highest BCUT2D eigenvalue weighted by molar-refractivity contribution is 9.10. The van der Waals surface area contributed by atoms with Gasteiger partial charge < -0.3 is 5.32 Å². The molecule has 3 rings (SSSR count). The van der Waals surface area contributed by atoms with Crippen LogP contribution in [0, 0.1) is 5.82 Å². The molecular formula is C18H13BrFN3O3S. The minimum Gasteiger partial charge on any atom is -0.350 e. The Morgan fingerprint density at radius 2 is 2.07 bits per heavy atom. The molecular weight excluding hydrogens is 437 g/mol. The van der Waals surface area contributed by atoms with E-state index >= 15 is 0 Å². The normalized spacial score (nSPS) is 15.5. The van der Waals surface area contributed by atoms with Gasteiger partial charge in [-0.2, -0.15) is 0 Å². The van der Waals surface area contributed by atoms with E-state index in [1.807, 2.05) is 0 Å². The highest BCUT2D eigenvalue weighted by atomic mass is 79.9. The van der Waals surface area contributed by atoms with Crippen LogP contribution in [0.15, 0.2) is 52.1 Å². The van der Waals surface area contributed by atoms with Crippen molar-refractivity contribution >= 4 is 50.8 Å². The Bertz CT molecular complexity index is 951. The maximum absolute atomic E-state index is 13.7. The monoisotopic (exact) mass is 449 g/mol. The number of amides is 3. The quantitative estimate of drug-likeness (QED) is 0.707. The van der Waals surface area contributed by atoms with E-state index in [1.165, 1.54) is 24.4 Å². The molecule has 0 bridgehead atoms. The Hall–Kier alpha value is -2.52. The summed E-state index contributed by atoms with van der Waals surface area (Å²) in [5.41, 5.74) is 0.594. The van der Waals surface area contributed by atoms with E-state index in [2.05, 4.69) is 26.2 Å². The van der Waals surface area contributed by atoms with Crippen molar-refractivity contribution in [2.75, 3.05) is 13.1 Å². The molecule has 0 saturated carbocycles. The molecule has 1 fully saturated rings. The third-order valence-corrected chi connectivity index (χ3v) is 4.99. The third kappa shape index (κ3) is 4.61. The van der Waals surface area contributed by atoms with E-state index in [0.29, 0.717) is 10.0 Å². The average molecular weight is 450 g/mol. The van der Waals surface area contributed by atoms with Crippen molar-refractivity contribution in [1.29, 1.82) is 0 Å². The lowest BCUT2D eigenvalue weighted by Gasteiger charge is -2.13. The molecule has 1 aromatic carbocycles.